The number of benzene rings is 4. The maximum Gasteiger partial charge on any atom is 0.0537 e. The van der Waals surface area contributed by atoms with Gasteiger partial charge in [0.15, 0.2) is 0 Å². The normalized spacial score (nSPS) is 18.6. The summed E-state index contributed by atoms with van der Waals surface area (Å²) in [5, 5.41) is 2.63. The molecule has 5 aliphatic rings. The van der Waals surface area contributed by atoms with Crippen molar-refractivity contribution in [2.45, 2.75) is 83.5 Å². The quantitative estimate of drug-likeness (QED) is 0.152. The highest BCUT2D eigenvalue weighted by atomic mass is 15.2. The van der Waals surface area contributed by atoms with Crippen LogP contribution in [-0.2, 0) is 6.42 Å². The summed E-state index contributed by atoms with van der Waals surface area (Å²) < 4.78 is 0. The molecule has 3 aliphatic carbocycles. The second-order valence-electron chi connectivity index (χ2n) is 15.6. The minimum absolute atomic E-state index is 0.444. The monoisotopic (exact) mass is 704 g/mol. The average molecular weight is 705 g/mol. The number of allylic oxidation sites excluding steroid dienone is 8. The molecule has 2 heteroatoms. The summed E-state index contributed by atoms with van der Waals surface area (Å²) in [5.41, 5.74) is 19.2. The molecule has 4 aromatic rings. The number of hydrogen-bond donors (Lipinski definition) is 0. The van der Waals surface area contributed by atoms with Gasteiger partial charge in [-0.25, -0.2) is 0 Å². The molecule has 2 heterocycles. The molecule has 0 radical (unpaired) electrons. The van der Waals surface area contributed by atoms with Gasteiger partial charge < -0.3 is 9.80 Å². The van der Waals surface area contributed by atoms with Gasteiger partial charge in [0.1, 0.15) is 0 Å². The summed E-state index contributed by atoms with van der Waals surface area (Å²) >= 11 is 0. The van der Waals surface area contributed by atoms with Crippen LogP contribution in [0.1, 0.15) is 99.3 Å². The summed E-state index contributed by atoms with van der Waals surface area (Å²) in [5.74, 6) is 0.444. The molecule has 9 rings (SSSR count). The van der Waals surface area contributed by atoms with Gasteiger partial charge in [-0.05, 0) is 131 Å². The number of para-hydroxylation sites is 1. The van der Waals surface area contributed by atoms with E-state index in [2.05, 4.69) is 139 Å². The van der Waals surface area contributed by atoms with Gasteiger partial charge in [0.2, 0.25) is 0 Å². The van der Waals surface area contributed by atoms with Crippen LogP contribution in [0.3, 0.4) is 0 Å². The number of hydrogen-bond acceptors (Lipinski definition) is 2. The number of fused-ring (bicyclic) bond motifs is 5. The maximum absolute atomic E-state index is 4.25. The summed E-state index contributed by atoms with van der Waals surface area (Å²) in [7, 11) is 0. The molecule has 0 amide bonds. The van der Waals surface area contributed by atoms with Gasteiger partial charge in [-0.15, -0.1) is 0 Å². The van der Waals surface area contributed by atoms with Crippen molar-refractivity contribution in [3.8, 4) is 11.1 Å². The fraction of sp³-hybridized carbons (Fsp3) is 0.269. The average Bonchev–Trinajstić information content (AvgIpc) is 3.53. The van der Waals surface area contributed by atoms with Crippen molar-refractivity contribution in [1.82, 2.24) is 0 Å². The van der Waals surface area contributed by atoms with Crippen molar-refractivity contribution in [3.05, 3.63) is 178 Å². The fourth-order valence-electron chi connectivity index (χ4n) is 9.86. The fourth-order valence-corrected chi connectivity index (χ4v) is 9.86. The van der Waals surface area contributed by atoms with Crippen LogP contribution in [-0.4, -0.2) is 6.54 Å². The highest BCUT2D eigenvalue weighted by Gasteiger charge is 2.31. The lowest BCUT2D eigenvalue weighted by atomic mass is 9.89. The second-order valence-corrected chi connectivity index (χ2v) is 15.6. The SMILES string of the molecule is C=CC1=C(C=C)N(c2cccc3c2=CCCC=3/C=C/c2ccc3c(c2)C(CCCCC)c2cc(N4CCCC5=C4CCC=C5)ccc2-3)c2ccccc2C1. The highest BCUT2D eigenvalue weighted by molar-refractivity contribution is 5.83. The Morgan fingerprint density at radius 2 is 1.63 bits per heavy atom. The molecule has 0 spiro atoms. The number of unbranched alkanes of at least 4 members (excludes halogenated alkanes) is 2. The predicted molar refractivity (Wildman–Crippen MR) is 231 cm³/mol. The first-order chi connectivity index (χ1) is 26.7. The Labute approximate surface area is 322 Å². The summed E-state index contributed by atoms with van der Waals surface area (Å²) in [6.45, 7) is 11.9. The van der Waals surface area contributed by atoms with Crippen molar-refractivity contribution in [2.24, 2.45) is 0 Å². The van der Waals surface area contributed by atoms with E-state index >= 15 is 0 Å². The summed E-state index contributed by atoms with van der Waals surface area (Å²) in [6.07, 6.45) is 28.7. The third-order valence-corrected chi connectivity index (χ3v) is 12.5. The van der Waals surface area contributed by atoms with E-state index in [9.17, 15) is 0 Å². The number of rotatable bonds is 10. The van der Waals surface area contributed by atoms with E-state index in [1.54, 1.807) is 11.3 Å². The van der Waals surface area contributed by atoms with Crippen molar-refractivity contribution >= 4 is 34.8 Å². The molecule has 0 fully saturated rings. The van der Waals surface area contributed by atoms with E-state index in [0.717, 1.165) is 44.3 Å². The number of anilines is 3. The zero-order valence-electron chi connectivity index (χ0n) is 31.9. The lowest BCUT2D eigenvalue weighted by molar-refractivity contribution is 0.625. The second kappa shape index (κ2) is 14.8. The van der Waals surface area contributed by atoms with E-state index in [4.69, 9.17) is 0 Å². The molecular formula is C52H52N2. The Bertz CT molecular complexity index is 2410. The number of nitrogens with zero attached hydrogens (tertiary/aromatic N) is 2. The third kappa shape index (κ3) is 6.06. The maximum atomic E-state index is 4.25. The smallest absolute Gasteiger partial charge is 0.0537 e. The first-order valence-electron chi connectivity index (χ1n) is 20.5. The summed E-state index contributed by atoms with van der Waals surface area (Å²) in [6, 6.07) is 30.2. The highest BCUT2D eigenvalue weighted by Crippen LogP contribution is 2.49. The molecule has 2 nitrogen and oxygen atoms in total. The van der Waals surface area contributed by atoms with Crippen LogP contribution in [0.2, 0.25) is 0 Å². The van der Waals surface area contributed by atoms with E-state index in [1.807, 2.05) is 12.2 Å². The van der Waals surface area contributed by atoms with Gasteiger partial charge >= 0.3 is 0 Å². The van der Waals surface area contributed by atoms with E-state index in [0.29, 0.717) is 5.92 Å². The van der Waals surface area contributed by atoms with E-state index < -0.39 is 0 Å². The molecule has 1 unspecified atom stereocenters. The van der Waals surface area contributed by atoms with Crippen LogP contribution in [0.25, 0.3) is 28.9 Å². The molecule has 4 aromatic carbocycles. The van der Waals surface area contributed by atoms with Crippen molar-refractivity contribution in [3.63, 3.8) is 0 Å². The molecule has 2 aliphatic heterocycles. The van der Waals surface area contributed by atoms with Gasteiger partial charge in [0, 0.05) is 46.9 Å². The Kier molecular flexibility index (Phi) is 9.45. The van der Waals surface area contributed by atoms with Gasteiger partial charge in [0.25, 0.3) is 0 Å². The molecule has 1 atom stereocenters. The first-order valence-corrected chi connectivity index (χ1v) is 20.5. The zero-order valence-corrected chi connectivity index (χ0v) is 31.9. The van der Waals surface area contributed by atoms with Gasteiger partial charge in [0.05, 0.1) is 5.69 Å². The lowest BCUT2D eigenvalue weighted by Gasteiger charge is -2.35. The topological polar surface area (TPSA) is 6.48 Å². The minimum Gasteiger partial charge on any atom is -0.345 e. The standard InChI is InChI=1S/C52H52N2/c1-4-7-8-20-43-47-33-36(27-30-44(47)45-31-29-41(35-48(43)45)53-32-15-19-39-16-9-11-23-50(39)53)26-28-38-18-13-22-46-42(38)21-14-25-52(46)54-49(6-3)37(5-2)34-40-17-10-12-24-51(40)54/h5-6,9-10,12,14,16-17,21-22,24-31,33,35,43H,2-4,7-8,11,13,15,18-20,23,32,34H2,1H3/b28-26+. The van der Waals surface area contributed by atoms with E-state index in [1.165, 1.54) is 111 Å². The molecule has 54 heavy (non-hydrogen) atoms. The zero-order chi connectivity index (χ0) is 36.6. The first kappa shape index (κ1) is 34.4. The van der Waals surface area contributed by atoms with Gasteiger partial charge in [-0.2, -0.15) is 0 Å². The Morgan fingerprint density at radius 3 is 2.50 bits per heavy atom. The van der Waals surface area contributed by atoms with Crippen molar-refractivity contribution in [2.75, 3.05) is 16.3 Å². The largest absolute Gasteiger partial charge is 0.345 e. The van der Waals surface area contributed by atoms with Crippen molar-refractivity contribution in [1.29, 1.82) is 0 Å². The molecule has 0 saturated heterocycles. The van der Waals surface area contributed by atoms with Crippen LogP contribution in [0.4, 0.5) is 17.1 Å². The molecule has 0 N–H and O–H groups in total. The molecule has 0 saturated carbocycles. The summed E-state index contributed by atoms with van der Waals surface area (Å²) in [4.78, 5) is 5.04. The van der Waals surface area contributed by atoms with Crippen LogP contribution in [0, 0.1) is 0 Å². The van der Waals surface area contributed by atoms with Crippen LogP contribution < -0.4 is 20.2 Å². The Hall–Kier alpha value is -5.34. The lowest BCUT2D eigenvalue weighted by Crippen LogP contribution is -2.36. The molecule has 270 valence electrons. The van der Waals surface area contributed by atoms with Crippen LogP contribution in [0.15, 0.2) is 145 Å². The van der Waals surface area contributed by atoms with Crippen LogP contribution >= 0.6 is 0 Å². The molecule has 0 aromatic heterocycles. The Balaban J connectivity index is 1.07. The van der Waals surface area contributed by atoms with Gasteiger partial charge in [-0.3, -0.25) is 0 Å². The predicted octanol–water partition coefficient (Wildman–Crippen LogP) is 12.3. The third-order valence-electron chi connectivity index (χ3n) is 12.5. The molecular weight excluding hydrogens is 653 g/mol. The molecule has 0 bridgehead atoms. The van der Waals surface area contributed by atoms with E-state index in [-0.39, 0.29) is 0 Å². The van der Waals surface area contributed by atoms with Crippen LogP contribution in [0.5, 0.6) is 0 Å². The van der Waals surface area contributed by atoms with Crippen molar-refractivity contribution < 1.29 is 0 Å². The minimum atomic E-state index is 0.444. The Morgan fingerprint density at radius 1 is 0.778 bits per heavy atom. The van der Waals surface area contributed by atoms with Gasteiger partial charge in [-0.1, -0.05) is 130 Å².